The fourth-order valence-electron chi connectivity index (χ4n) is 2.18. The summed E-state index contributed by atoms with van der Waals surface area (Å²) >= 11 is 0. The Morgan fingerprint density at radius 2 is 1.38 bits per heavy atom. The van der Waals surface area contributed by atoms with Crippen LogP contribution in [-0.4, -0.2) is 33.5 Å². The van der Waals surface area contributed by atoms with Gasteiger partial charge in [0.2, 0.25) is 0 Å². The van der Waals surface area contributed by atoms with E-state index in [4.69, 9.17) is 5.11 Å². The molecule has 2 unspecified atom stereocenters. The van der Waals surface area contributed by atoms with Gasteiger partial charge in [-0.3, -0.25) is 4.79 Å². The van der Waals surface area contributed by atoms with E-state index in [9.17, 15) is 15.0 Å². The molecule has 0 radical (unpaired) electrons. The third-order valence-electron chi connectivity index (χ3n) is 3.71. The number of allylic oxidation sites excluding steroid dienone is 4. The summed E-state index contributed by atoms with van der Waals surface area (Å²) in [4.78, 5) is 10.3. The standard InChI is InChI=1S/C20H34O4/c1-2-3-4-5-6-7-8-9-12-15-18(21)19(22)16-13-10-11-14-17-20(23)24/h6-7,9-10,12-13,18-19,21-22H,2-5,8,11,14-17H2,1H3,(H,23,24)/b7-6+,12-9-,13-10+. The second kappa shape index (κ2) is 16.5. The molecule has 0 saturated carbocycles. The van der Waals surface area contributed by atoms with Crippen LogP contribution in [0.3, 0.4) is 0 Å². The first-order chi connectivity index (χ1) is 11.6. The van der Waals surface area contributed by atoms with Gasteiger partial charge in [0.1, 0.15) is 0 Å². The predicted octanol–water partition coefficient (Wildman–Crippen LogP) is 4.38. The van der Waals surface area contributed by atoms with Crippen molar-refractivity contribution in [3.63, 3.8) is 0 Å². The number of unbranched alkanes of at least 4 members (excludes halogenated alkanes) is 4. The summed E-state index contributed by atoms with van der Waals surface area (Å²) in [5.74, 6) is -0.790. The summed E-state index contributed by atoms with van der Waals surface area (Å²) in [7, 11) is 0. The molecule has 0 aliphatic rings. The zero-order valence-corrected chi connectivity index (χ0v) is 14.9. The molecular weight excluding hydrogens is 304 g/mol. The Balaban J connectivity index is 3.70. The summed E-state index contributed by atoms with van der Waals surface area (Å²) in [5.41, 5.74) is 0. The quantitative estimate of drug-likeness (QED) is 0.306. The third kappa shape index (κ3) is 15.5. The lowest BCUT2D eigenvalue weighted by atomic mass is 10.1. The molecule has 0 aromatic carbocycles. The smallest absolute Gasteiger partial charge is 0.303 e. The number of aliphatic hydroxyl groups is 2. The number of hydrogen-bond donors (Lipinski definition) is 3. The molecular formula is C20H34O4. The molecule has 2 atom stereocenters. The lowest BCUT2D eigenvalue weighted by Gasteiger charge is -2.14. The lowest BCUT2D eigenvalue weighted by molar-refractivity contribution is -0.137. The van der Waals surface area contributed by atoms with Crippen LogP contribution in [0.5, 0.6) is 0 Å². The Kier molecular flexibility index (Phi) is 15.5. The van der Waals surface area contributed by atoms with Crippen molar-refractivity contribution in [1.29, 1.82) is 0 Å². The van der Waals surface area contributed by atoms with Crippen molar-refractivity contribution in [1.82, 2.24) is 0 Å². The van der Waals surface area contributed by atoms with Gasteiger partial charge in [0, 0.05) is 6.42 Å². The van der Waals surface area contributed by atoms with Crippen molar-refractivity contribution in [3.8, 4) is 0 Å². The second-order valence-corrected chi connectivity index (χ2v) is 6.04. The molecule has 0 bridgehead atoms. The van der Waals surface area contributed by atoms with Crippen molar-refractivity contribution in [2.24, 2.45) is 0 Å². The van der Waals surface area contributed by atoms with E-state index in [-0.39, 0.29) is 6.42 Å². The van der Waals surface area contributed by atoms with Gasteiger partial charge in [-0.05, 0) is 44.9 Å². The first-order valence-corrected chi connectivity index (χ1v) is 9.10. The van der Waals surface area contributed by atoms with Crippen LogP contribution in [0.4, 0.5) is 0 Å². The number of carboxylic acids is 1. The number of aliphatic carboxylic acids is 1. The van der Waals surface area contributed by atoms with Gasteiger partial charge in [0.05, 0.1) is 12.2 Å². The Hall–Kier alpha value is -1.39. The van der Waals surface area contributed by atoms with Crippen molar-refractivity contribution < 1.29 is 20.1 Å². The van der Waals surface area contributed by atoms with Gasteiger partial charge >= 0.3 is 5.97 Å². The van der Waals surface area contributed by atoms with Crippen molar-refractivity contribution in [3.05, 3.63) is 36.5 Å². The SMILES string of the molecule is CCCCC/C=C/C/C=C\CC(O)C(O)C/C=C/CCCC(=O)O. The van der Waals surface area contributed by atoms with Crippen LogP contribution in [0.15, 0.2) is 36.5 Å². The fraction of sp³-hybridized carbons (Fsp3) is 0.650. The summed E-state index contributed by atoms with van der Waals surface area (Å²) in [6.45, 7) is 2.20. The largest absolute Gasteiger partial charge is 0.481 e. The molecule has 4 nitrogen and oxygen atoms in total. The number of aliphatic hydroxyl groups excluding tert-OH is 2. The highest BCUT2D eigenvalue weighted by Crippen LogP contribution is 2.07. The van der Waals surface area contributed by atoms with Crippen molar-refractivity contribution in [2.75, 3.05) is 0 Å². The third-order valence-corrected chi connectivity index (χ3v) is 3.71. The van der Waals surface area contributed by atoms with Gasteiger partial charge in [-0.25, -0.2) is 0 Å². The van der Waals surface area contributed by atoms with Gasteiger partial charge in [0.15, 0.2) is 0 Å². The van der Waals surface area contributed by atoms with Crippen molar-refractivity contribution in [2.45, 2.75) is 83.3 Å². The summed E-state index contributed by atoms with van der Waals surface area (Å²) in [5, 5.41) is 28.2. The van der Waals surface area contributed by atoms with E-state index >= 15 is 0 Å². The number of rotatable bonds is 15. The Labute approximate surface area is 146 Å². The number of carboxylic acid groups (broad SMARTS) is 1. The first-order valence-electron chi connectivity index (χ1n) is 9.10. The molecule has 0 aliphatic carbocycles. The van der Waals surface area contributed by atoms with Crippen LogP contribution < -0.4 is 0 Å². The van der Waals surface area contributed by atoms with E-state index < -0.39 is 18.2 Å². The average molecular weight is 338 g/mol. The zero-order chi connectivity index (χ0) is 18.0. The molecule has 4 heteroatoms. The van der Waals surface area contributed by atoms with E-state index in [0.29, 0.717) is 25.7 Å². The molecule has 0 spiro atoms. The monoisotopic (exact) mass is 338 g/mol. The molecule has 0 aromatic heterocycles. The molecule has 0 aliphatic heterocycles. The maximum absolute atomic E-state index is 10.3. The summed E-state index contributed by atoms with van der Waals surface area (Å²) in [6.07, 6.45) is 18.4. The highest BCUT2D eigenvalue weighted by Gasteiger charge is 2.12. The van der Waals surface area contributed by atoms with E-state index in [1.807, 2.05) is 18.2 Å². The Morgan fingerprint density at radius 3 is 2.00 bits per heavy atom. The van der Waals surface area contributed by atoms with Gasteiger partial charge in [0.25, 0.3) is 0 Å². The fourth-order valence-corrected chi connectivity index (χ4v) is 2.18. The topological polar surface area (TPSA) is 77.8 Å². The van der Waals surface area contributed by atoms with E-state index in [2.05, 4.69) is 19.1 Å². The Morgan fingerprint density at radius 1 is 0.833 bits per heavy atom. The minimum Gasteiger partial charge on any atom is -0.481 e. The van der Waals surface area contributed by atoms with E-state index in [1.54, 1.807) is 6.08 Å². The molecule has 0 fully saturated rings. The van der Waals surface area contributed by atoms with Crippen LogP contribution in [-0.2, 0) is 4.79 Å². The number of carbonyl (C=O) groups is 1. The molecule has 0 amide bonds. The van der Waals surface area contributed by atoms with Gasteiger partial charge < -0.3 is 15.3 Å². The van der Waals surface area contributed by atoms with Crippen LogP contribution in [0.25, 0.3) is 0 Å². The van der Waals surface area contributed by atoms with Crippen molar-refractivity contribution >= 4 is 5.97 Å². The lowest BCUT2D eigenvalue weighted by Crippen LogP contribution is -2.24. The molecule has 3 N–H and O–H groups in total. The minimum absolute atomic E-state index is 0.160. The molecule has 0 heterocycles. The zero-order valence-electron chi connectivity index (χ0n) is 14.9. The minimum atomic E-state index is -0.790. The first kappa shape index (κ1) is 22.6. The normalized spacial score (nSPS) is 14.8. The second-order valence-electron chi connectivity index (χ2n) is 6.04. The van der Waals surface area contributed by atoms with Crippen LogP contribution in [0.1, 0.15) is 71.1 Å². The van der Waals surface area contributed by atoms with Crippen LogP contribution in [0, 0.1) is 0 Å². The van der Waals surface area contributed by atoms with Gasteiger partial charge in [-0.1, -0.05) is 56.2 Å². The van der Waals surface area contributed by atoms with Gasteiger partial charge in [-0.2, -0.15) is 0 Å². The molecule has 0 rings (SSSR count). The average Bonchev–Trinajstić information content (AvgIpc) is 2.55. The van der Waals surface area contributed by atoms with Crippen LogP contribution in [0.2, 0.25) is 0 Å². The maximum Gasteiger partial charge on any atom is 0.303 e. The van der Waals surface area contributed by atoms with Crippen LogP contribution >= 0.6 is 0 Å². The molecule has 0 aromatic rings. The van der Waals surface area contributed by atoms with Gasteiger partial charge in [-0.15, -0.1) is 0 Å². The highest BCUT2D eigenvalue weighted by atomic mass is 16.4. The molecule has 0 saturated heterocycles. The summed E-state index contributed by atoms with van der Waals surface area (Å²) < 4.78 is 0. The van der Waals surface area contributed by atoms with E-state index in [0.717, 1.165) is 12.8 Å². The highest BCUT2D eigenvalue weighted by molar-refractivity contribution is 5.66. The van der Waals surface area contributed by atoms with E-state index in [1.165, 1.54) is 19.3 Å². The number of hydrogen-bond acceptors (Lipinski definition) is 3. The predicted molar refractivity (Wildman–Crippen MR) is 98.9 cm³/mol. The summed E-state index contributed by atoms with van der Waals surface area (Å²) in [6, 6.07) is 0. The molecule has 24 heavy (non-hydrogen) atoms. The maximum atomic E-state index is 10.3. The Bertz CT molecular complexity index is 385. The molecule has 138 valence electrons.